The Morgan fingerprint density at radius 2 is 1.84 bits per heavy atom. The highest BCUT2D eigenvalue weighted by atomic mass is 19.1. The molecule has 2 saturated carbocycles. The molecule has 0 amide bonds. The number of nitrogens with two attached hydrogens (primary N) is 1. The summed E-state index contributed by atoms with van der Waals surface area (Å²) >= 11 is 0. The molecule has 0 radical (unpaired) electrons. The summed E-state index contributed by atoms with van der Waals surface area (Å²) in [6, 6.07) is 6.50. The smallest absolute Gasteiger partial charge is 0.153 e. The van der Waals surface area contributed by atoms with E-state index >= 15 is 0 Å². The first-order chi connectivity index (χ1) is 9.25. The van der Waals surface area contributed by atoms with Gasteiger partial charge in [0.1, 0.15) is 5.82 Å². The van der Waals surface area contributed by atoms with Crippen molar-refractivity contribution in [1.82, 2.24) is 10.2 Å². The lowest BCUT2D eigenvalue weighted by Crippen LogP contribution is -1.93. The minimum Gasteiger partial charge on any atom is -0.382 e. The van der Waals surface area contributed by atoms with Gasteiger partial charge < -0.3 is 5.73 Å². The molecule has 1 heterocycles. The van der Waals surface area contributed by atoms with Crippen LogP contribution < -0.4 is 5.73 Å². The van der Waals surface area contributed by atoms with E-state index < -0.39 is 0 Å². The van der Waals surface area contributed by atoms with Crippen LogP contribution in [0.15, 0.2) is 24.3 Å². The highest BCUT2D eigenvalue weighted by Gasteiger charge is 2.54. The lowest BCUT2D eigenvalue weighted by molar-refractivity contribution is 0.628. The Kier molecular flexibility index (Phi) is 2.22. The van der Waals surface area contributed by atoms with E-state index in [1.165, 1.54) is 31.4 Å². The topological polar surface area (TPSA) is 54.7 Å². The van der Waals surface area contributed by atoms with Gasteiger partial charge in [-0.05, 0) is 42.4 Å². The number of halogens is 1. The molecule has 2 atom stereocenters. The SMILES string of the molecule is Nc1n[nH]c(C2C3CCCC32)c1-c1ccc(F)cc1. The fraction of sp³-hybridized carbons (Fsp3) is 0.400. The monoisotopic (exact) mass is 257 g/mol. The van der Waals surface area contributed by atoms with E-state index in [4.69, 9.17) is 5.73 Å². The molecule has 4 heteroatoms. The quantitative estimate of drug-likeness (QED) is 0.867. The zero-order valence-corrected chi connectivity index (χ0v) is 10.6. The van der Waals surface area contributed by atoms with Crippen LogP contribution in [-0.4, -0.2) is 10.2 Å². The second-order valence-corrected chi connectivity index (χ2v) is 5.69. The van der Waals surface area contributed by atoms with Crippen LogP contribution in [0.1, 0.15) is 30.9 Å². The van der Waals surface area contributed by atoms with Gasteiger partial charge in [0.05, 0.1) is 0 Å². The van der Waals surface area contributed by atoms with Gasteiger partial charge in [-0.1, -0.05) is 18.6 Å². The average Bonchev–Trinajstić information content (AvgIpc) is 2.78. The molecule has 1 aromatic heterocycles. The normalized spacial score (nSPS) is 28.4. The zero-order valence-electron chi connectivity index (χ0n) is 10.6. The summed E-state index contributed by atoms with van der Waals surface area (Å²) < 4.78 is 13.0. The predicted octanol–water partition coefficient (Wildman–Crippen LogP) is 3.31. The first-order valence-electron chi connectivity index (χ1n) is 6.85. The van der Waals surface area contributed by atoms with Gasteiger partial charge >= 0.3 is 0 Å². The van der Waals surface area contributed by atoms with Crippen molar-refractivity contribution in [3.05, 3.63) is 35.8 Å². The number of nitrogen functional groups attached to an aromatic ring is 1. The van der Waals surface area contributed by atoms with Gasteiger partial charge in [-0.2, -0.15) is 5.10 Å². The Balaban J connectivity index is 1.75. The molecule has 0 bridgehead atoms. The van der Waals surface area contributed by atoms with Gasteiger partial charge in [-0.25, -0.2) is 4.39 Å². The van der Waals surface area contributed by atoms with Crippen LogP contribution in [0.3, 0.4) is 0 Å². The lowest BCUT2D eigenvalue weighted by atomic mass is 9.99. The molecule has 98 valence electrons. The maximum Gasteiger partial charge on any atom is 0.153 e. The van der Waals surface area contributed by atoms with Crippen LogP contribution in [-0.2, 0) is 0 Å². The van der Waals surface area contributed by atoms with Gasteiger partial charge in [0.25, 0.3) is 0 Å². The van der Waals surface area contributed by atoms with Crippen molar-refractivity contribution in [2.45, 2.75) is 25.2 Å². The molecule has 2 fully saturated rings. The first-order valence-corrected chi connectivity index (χ1v) is 6.85. The maximum absolute atomic E-state index is 13.0. The number of nitrogens with zero attached hydrogens (tertiary/aromatic N) is 1. The number of hydrogen-bond acceptors (Lipinski definition) is 2. The Labute approximate surface area is 111 Å². The number of fused-ring (bicyclic) bond motifs is 1. The van der Waals surface area contributed by atoms with E-state index in [9.17, 15) is 4.39 Å². The third kappa shape index (κ3) is 1.59. The number of aromatic nitrogens is 2. The Morgan fingerprint density at radius 1 is 1.16 bits per heavy atom. The molecule has 4 rings (SSSR count). The van der Waals surface area contributed by atoms with Crippen molar-refractivity contribution in [2.24, 2.45) is 11.8 Å². The molecule has 3 nitrogen and oxygen atoms in total. The van der Waals surface area contributed by atoms with Crippen molar-refractivity contribution in [3.8, 4) is 11.1 Å². The van der Waals surface area contributed by atoms with E-state index in [-0.39, 0.29) is 5.82 Å². The Morgan fingerprint density at radius 3 is 2.53 bits per heavy atom. The third-order valence-corrected chi connectivity index (χ3v) is 4.70. The highest BCUT2D eigenvalue weighted by Crippen LogP contribution is 2.64. The molecule has 0 aliphatic heterocycles. The van der Waals surface area contributed by atoms with E-state index in [0.717, 1.165) is 28.7 Å². The number of rotatable bonds is 2. The molecule has 3 N–H and O–H groups in total. The number of aromatic amines is 1. The van der Waals surface area contributed by atoms with Gasteiger partial charge in [0.2, 0.25) is 0 Å². The largest absolute Gasteiger partial charge is 0.382 e. The summed E-state index contributed by atoms with van der Waals surface area (Å²) in [5.41, 5.74) is 9.07. The van der Waals surface area contributed by atoms with Crippen LogP contribution in [0.4, 0.5) is 10.2 Å². The molecular formula is C15H16FN3. The highest BCUT2D eigenvalue weighted by molar-refractivity contribution is 5.77. The van der Waals surface area contributed by atoms with Gasteiger partial charge in [-0.15, -0.1) is 0 Å². The summed E-state index contributed by atoms with van der Waals surface area (Å²) in [7, 11) is 0. The molecule has 2 unspecified atom stereocenters. The molecular weight excluding hydrogens is 241 g/mol. The third-order valence-electron chi connectivity index (χ3n) is 4.70. The predicted molar refractivity (Wildman–Crippen MR) is 72.0 cm³/mol. The zero-order chi connectivity index (χ0) is 13.0. The maximum atomic E-state index is 13.0. The first kappa shape index (κ1) is 11.0. The van der Waals surface area contributed by atoms with Crippen molar-refractivity contribution in [1.29, 1.82) is 0 Å². The molecule has 2 aromatic rings. The number of anilines is 1. The van der Waals surface area contributed by atoms with Crippen LogP contribution >= 0.6 is 0 Å². The van der Waals surface area contributed by atoms with Crippen LogP contribution in [0.2, 0.25) is 0 Å². The lowest BCUT2D eigenvalue weighted by Gasteiger charge is -2.06. The van der Waals surface area contributed by atoms with Gasteiger partial charge in [0, 0.05) is 17.2 Å². The molecule has 19 heavy (non-hydrogen) atoms. The molecule has 2 aliphatic carbocycles. The summed E-state index contributed by atoms with van der Waals surface area (Å²) in [4.78, 5) is 0. The minimum atomic E-state index is -0.226. The Bertz CT molecular complexity index is 607. The van der Waals surface area contributed by atoms with E-state index in [2.05, 4.69) is 10.2 Å². The summed E-state index contributed by atoms with van der Waals surface area (Å²) in [6.45, 7) is 0. The average molecular weight is 257 g/mol. The van der Waals surface area contributed by atoms with Crippen molar-refractivity contribution < 1.29 is 4.39 Å². The summed E-state index contributed by atoms with van der Waals surface area (Å²) in [5, 5.41) is 7.27. The van der Waals surface area contributed by atoms with Crippen LogP contribution in [0.25, 0.3) is 11.1 Å². The molecule has 0 saturated heterocycles. The number of benzene rings is 1. The van der Waals surface area contributed by atoms with E-state index in [0.29, 0.717) is 11.7 Å². The van der Waals surface area contributed by atoms with Crippen LogP contribution in [0, 0.1) is 17.7 Å². The van der Waals surface area contributed by atoms with Crippen molar-refractivity contribution in [2.75, 3.05) is 5.73 Å². The molecule has 1 aromatic carbocycles. The summed E-state index contributed by atoms with van der Waals surface area (Å²) in [6.07, 6.45) is 3.98. The minimum absolute atomic E-state index is 0.226. The van der Waals surface area contributed by atoms with Gasteiger partial charge in [0.15, 0.2) is 5.82 Å². The van der Waals surface area contributed by atoms with Crippen molar-refractivity contribution in [3.63, 3.8) is 0 Å². The van der Waals surface area contributed by atoms with E-state index in [1.807, 2.05) is 0 Å². The fourth-order valence-corrected chi connectivity index (χ4v) is 3.78. The number of nitrogens with one attached hydrogen (secondary N) is 1. The number of hydrogen-bond donors (Lipinski definition) is 2. The molecule has 0 spiro atoms. The van der Waals surface area contributed by atoms with Crippen molar-refractivity contribution >= 4 is 5.82 Å². The Hall–Kier alpha value is -1.84. The fourth-order valence-electron chi connectivity index (χ4n) is 3.78. The summed E-state index contributed by atoms with van der Waals surface area (Å²) in [5.74, 6) is 2.49. The second-order valence-electron chi connectivity index (χ2n) is 5.69. The standard InChI is InChI=1S/C15H16FN3/c16-9-6-4-8(5-7-9)12-14(18-19-15(12)17)13-10-2-1-3-11(10)13/h4-7,10-11,13H,1-3H2,(H3,17,18,19). The number of H-pyrrole nitrogens is 1. The van der Waals surface area contributed by atoms with Crippen LogP contribution in [0.5, 0.6) is 0 Å². The van der Waals surface area contributed by atoms with Gasteiger partial charge in [-0.3, -0.25) is 5.10 Å². The van der Waals surface area contributed by atoms with E-state index in [1.54, 1.807) is 12.1 Å². The molecule has 2 aliphatic rings. The second kappa shape index (κ2) is 3.83.